The molecule has 0 aromatic carbocycles. The molecule has 0 bridgehead atoms. The highest BCUT2D eigenvalue weighted by Gasteiger charge is 2.17. The molecule has 1 aliphatic rings. The van der Waals surface area contributed by atoms with Crippen LogP contribution in [-0.2, 0) is 4.74 Å². The van der Waals surface area contributed by atoms with Crippen molar-refractivity contribution in [2.24, 2.45) is 0 Å². The lowest BCUT2D eigenvalue weighted by Crippen LogP contribution is -2.44. The number of nitrogens with one attached hydrogen (secondary N) is 2. The molecule has 2 rings (SSSR count). The molecule has 1 aromatic heterocycles. The fourth-order valence-corrected chi connectivity index (χ4v) is 3.17. The van der Waals surface area contributed by atoms with Gasteiger partial charge in [0.15, 0.2) is 0 Å². The Bertz CT molecular complexity index is 375. The first-order valence-electron chi connectivity index (χ1n) is 6.89. The SMILES string of the molecule is COC(CNC(=O)NC1CCCCC1)c1ccsc1. The van der Waals surface area contributed by atoms with E-state index < -0.39 is 0 Å². The van der Waals surface area contributed by atoms with Crippen molar-refractivity contribution >= 4 is 17.4 Å². The summed E-state index contributed by atoms with van der Waals surface area (Å²) in [7, 11) is 1.67. The zero-order valence-electron chi connectivity index (χ0n) is 11.4. The lowest BCUT2D eigenvalue weighted by Gasteiger charge is -2.23. The van der Waals surface area contributed by atoms with Gasteiger partial charge in [-0.2, -0.15) is 11.3 Å². The first kappa shape index (κ1) is 14.3. The Morgan fingerprint density at radius 1 is 1.47 bits per heavy atom. The Kier molecular flexibility index (Phi) is 5.66. The van der Waals surface area contributed by atoms with E-state index in [1.165, 1.54) is 19.3 Å². The van der Waals surface area contributed by atoms with E-state index >= 15 is 0 Å². The number of methoxy groups -OCH3 is 1. The van der Waals surface area contributed by atoms with Crippen LogP contribution < -0.4 is 10.6 Å². The van der Waals surface area contributed by atoms with Gasteiger partial charge in [0, 0.05) is 19.7 Å². The van der Waals surface area contributed by atoms with Crippen molar-refractivity contribution in [3.8, 4) is 0 Å². The minimum absolute atomic E-state index is 0.0663. The van der Waals surface area contributed by atoms with Gasteiger partial charge in [0.2, 0.25) is 0 Å². The number of rotatable bonds is 5. The molecule has 1 aromatic rings. The molecule has 1 atom stereocenters. The molecule has 1 unspecified atom stereocenters. The standard InChI is InChI=1S/C14H22N2O2S/c1-18-13(11-7-8-19-10-11)9-15-14(17)16-12-5-3-2-4-6-12/h7-8,10,12-13H,2-6,9H2,1H3,(H2,15,16,17). The summed E-state index contributed by atoms with van der Waals surface area (Å²) in [5, 5.41) is 10.0. The summed E-state index contributed by atoms with van der Waals surface area (Å²) in [4.78, 5) is 11.8. The predicted molar refractivity (Wildman–Crippen MR) is 77.5 cm³/mol. The van der Waals surface area contributed by atoms with Crippen LogP contribution in [0.1, 0.15) is 43.8 Å². The van der Waals surface area contributed by atoms with E-state index in [0.29, 0.717) is 12.6 Å². The fourth-order valence-electron chi connectivity index (χ4n) is 2.46. The third kappa shape index (κ3) is 4.51. The van der Waals surface area contributed by atoms with E-state index in [-0.39, 0.29) is 12.1 Å². The molecule has 0 saturated heterocycles. The predicted octanol–water partition coefficient (Wildman–Crippen LogP) is 3.07. The average Bonchev–Trinajstić information content (AvgIpc) is 2.95. The average molecular weight is 282 g/mol. The maximum atomic E-state index is 11.8. The lowest BCUT2D eigenvalue weighted by molar-refractivity contribution is 0.104. The van der Waals surface area contributed by atoms with Crippen LogP contribution in [0, 0.1) is 0 Å². The van der Waals surface area contributed by atoms with Crippen LogP contribution in [0.4, 0.5) is 4.79 Å². The van der Waals surface area contributed by atoms with E-state index in [2.05, 4.69) is 16.0 Å². The Hall–Kier alpha value is -1.07. The Morgan fingerprint density at radius 2 is 2.26 bits per heavy atom. The minimum atomic E-state index is -0.0795. The number of urea groups is 1. The molecule has 0 spiro atoms. The number of hydrogen-bond acceptors (Lipinski definition) is 3. The summed E-state index contributed by atoms with van der Waals surface area (Å²) in [5.74, 6) is 0. The second-order valence-electron chi connectivity index (χ2n) is 4.97. The lowest BCUT2D eigenvalue weighted by atomic mass is 9.96. The molecule has 1 aliphatic carbocycles. The van der Waals surface area contributed by atoms with Gasteiger partial charge in [-0.1, -0.05) is 19.3 Å². The summed E-state index contributed by atoms with van der Waals surface area (Å²) in [6.45, 7) is 0.506. The van der Waals surface area contributed by atoms with E-state index in [1.807, 2.05) is 11.4 Å². The highest BCUT2D eigenvalue weighted by Crippen LogP contribution is 2.19. The normalized spacial score (nSPS) is 17.9. The van der Waals surface area contributed by atoms with Crippen molar-refractivity contribution in [1.29, 1.82) is 0 Å². The second kappa shape index (κ2) is 7.50. The maximum absolute atomic E-state index is 11.8. The summed E-state index contributed by atoms with van der Waals surface area (Å²) < 4.78 is 5.40. The number of carbonyl (C=O) groups is 1. The smallest absolute Gasteiger partial charge is 0.315 e. The summed E-state index contributed by atoms with van der Waals surface area (Å²) in [6, 6.07) is 2.29. The molecule has 19 heavy (non-hydrogen) atoms. The fraction of sp³-hybridized carbons (Fsp3) is 0.643. The van der Waals surface area contributed by atoms with Gasteiger partial charge in [-0.05, 0) is 35.2 Å². The molecule has 1 fully saturated rings. The van der Waals surface area contributed by atoms with Gasteiger partial charge in [0.05, 0.1) is 0 Å². The highest BCUT2D eigenvalue weighted by molar-refractivity contribution is 7.07. The van der Waals surface area contributed by atoms with Crippen molar-refractivity contribution in [2.45, 2.75) is 44.2 Å². The van der Waals surface area contributed by atoms with Crippen molar-refractivity contribution in [3.05, 3.63) is 22.4 Å². The largest absolute Gasteiger partial charge is 0.375 e. The summed E-state index contributed by atoms with van der Waals surface area (Å²) >= 11 is 1.64. The first-order valence-corrected chi connectivity index (χ1v) is 7.83. The third-order valence-electron chi connectivity index (χ3n) is 3.59. The third-order valence-corrected chi connectivity index (χ3v) is 4.29. The topological polar surface area (TPSA) is 50.4 Å². The molecule has 1 heterocycles. The Labute approximate surface area is 118 Å². The van der Waals surface area contributed by atoms with E-state index in [9.17, 15) is 4.79 Å². The molecular formula is C14H22N2O2S. The van der Waals surface area contributed by atoms with Gasteiger partial charge in [-0.15, -0.1) is 0 Å². The molecule has 0 aliphatic heterocycles. The first-order chi connectivity index (χ1) is 9.29. The number of hydrogen-bond donors (Lipinski definition) is 2. The van der Waals surface area contributed by atoms with Crippen molar-refractivity contribution in [1.82, 2.24) is 10.6 Å². The molecule has 2 N–H and O–H groups in total. The zero-order chi connectivity index (χ0) is 13.5. The molecule has 0 radical (unpaired) electrons. The van der Waals surface area contributed by atoms with Crippen LogP contribution in [-0.4, -0.2) is 25.7 Å². The van der Waals surface area contributed by atoms with E-state index in [0.717, 1.165) is 18.4 Å². The summed E-state index contributed by atoms with van der Waals surface area (Å²) in [5.41, 5.74) is 1.12. The Balaban J connectivity index is 1.72. The van der Waals surface area contributed by atoms with Crippen molar-refractivity contribution in [3.63, 3.8) is 0 Å². The van der Waals surface area contributed by atoms with Crippen LogP contribution in [0.3, 0.4) is 0 Å². The number of thiophene rings is 1. The molecule has 4 nitrogen and oxygen atoms in total. The second-order valence-corrected chi connectivity index (χ2v) is 5.75. The van der Waals surface area contributed by atoms with Crippen molar-refractivity contribution < 1.29 is 9.53 Å². The monoisotopic (exact) mass is 282 g/mol. The highest BCUT2D eigenvalue weighted by atomic mass is 32.1. The number of carbonyl (C=O) groups excluding carboxylic acids is 1. The maximum Gasteiger partial charge on any atom is 0.315 e. The van der Waals surface area contributed by atoms with Crippen LogP contribution in [0.15, 0.2) is 16.8 Å². The molecule has 1 saturated carbocycles. The summed E-state index contributed by atoms with van der Waals surface area (Å²) in [6.07, 6.45) is 5.88. The van der Waals surface area contributed by atoms with Gasteiger partial charge in [0.25, 0.3) is 0 Å². The zero-order valence-corrected chi connectivity index (χ0v) is 12.2. The van der Waals surface area contributed by atoms with E-state index in [1.54, 1.807) is 18.4 Å². The van der Waals surface area contributed by atoms with Crippen LogP contribution >= 0.6 is 11.3 Å². The molecule has 2 amide bonds. The van der Waals surface area contributed by atoms with Crippen LogP contribution in [0.25, 0.3) is 0 Å². The van der Waals surface area contributed by atoms with Gasteiger partial charge in [0.1, 0.15) is 6.10 Å². The van der Waals surface area contributed by atoms with Gasteiger partial charge >= 0.3 is 6.03 Å². The van der Waals surface area contributed by atoms with Crippen LogP contribution in [0.5, 0.6) is 0 Å². The number of amides is 2. The van der Waals surface area contributed by atoms with Crippen LogP contribution in [0.2, 0.25) is 0 Å². The van der Waals surface area contributed by atoms with Crippen molar-refractivity contribution in [2.75, 3.05) is 13.7 Å². The molecule has 106 valence electrons. The Morgan fingerprint density at radius 3 is 2.89 bits per heavy atom. The van der Waals surface area contributed by atoms with E-state index in [4.69, 9.17) is 4.74 Å². The number of ether oxygens (including phenoxy) is 1. The van der Waals surface area contributed by atoms with Gasteiger partial charge in [-0.25, -0.2) is 4.79 Å². The molecular weight excluding hydrogens is 260 g/mol. The van der Waals surface area contributed by atoms with Gasteiger partial charge in [-0.3, -0.25) is 0 Å². The quantitative estimate of drug-likeness (QED) is 0.872. The molecule has 5 heteroatoms. The minimum Gasteiger partial charge on any atom is -0.375 e. The van der Waals surface area contributed by atoms with Gasteiger partial charge < -0.3 is 15.4 Å².